The van der Waals surface area contributed by atoms with Gasteiger partial charge in [0.15, 0.2) is 17.3 Å². The van der Waals surface area contributed by atoms with Crippen LogP contribution in [0.15, 0.2) is 18.2 Å². The average molecular weight is 411 g/mol. The molecule has 0 radical (unpaired) electrons. The van der Waals surface area contributed by atoms with Crippen molar-refractivity contribution in [3.8, 4) is 5.69 Å². The quantitative estimate of drug-likeness (QED) is 0.842. The molecule has 5 nitrogen and oxygen atoms in total. The summed E-state index contributed by atoms with van der Waals surface area (Å²) >= 11 is 0. The molecule has 1 atom stereocenters. The van der Waals surface area contributed by atoms with Crippen LogP contribution in [0.3, 0.4) is 0 Å². The lowest BCUT2D eigenvalue weighted by atomic mass is 9.97. The molecule has 1 unspecified atom stereocenters. The Labute approximate surface area is 169 Å². The summed E-state index contributed by atoms with van der Waals surface area (Å²) in [5, 5.41) is 7.73. The molecular formula is C20H25ClF2N4O. The first-order valence-corrected chi connectivity index (χ1v) is 9.58. The second-order valence-electron chi connectivity index (χ2n) is 7.45. The Balaban J connectivity index is 0.00000225. The minimum absolute atomic E-state index is 0. The molecule has 2 aliphatic rings. The summed E-state index contributed by atoms with van der Waals surface area (Å²) < 4.78 is 28.6. The standard InChI is InChI=1S/C20H24F2N4O.ClH/c1-23-11-13-4-3-9-25(12-13)20(27)19-15-5-2-6-18(15)26(24-19)14-7-8-16(21)17(22)10-14;/h7-8,10,13,23H,2-6,9,11-12H2,1H3;1H. The van der Waals surface area contributed by atoms with E-state index >= 15 is 0 Å². The largest absolute Gasteiger partial charge is 0.337 e. The van der Waals surface area contributed by atoms with Gasteiger partial charge in [0, 0.05) is 30.4 Å². The molecule has 152 valence electrons. The van der Waals surface area contributed by atoms with Crippen LogP contribution in [0.4, 0.5) is 8.78 Å². The summed E-state index contributed by atoms with van der Waals surface area (Å²) in [6.45, 7) is 2.36. The molecule has 1 fully saturated rings. The number of aromatic nitrogens is 2. The van der Waals surface area contributed by atoms with Crippen LogP contribution in [0.2, 0.25) is 0 Å². The van der Waals surface area contributed by atoms with E-state index in [1.807, 2.05) is 11.9 Å². The van der Waals surface area contributed by atoms with E-state index in [-0.39, 0.29) is 18.3 Å². The van der Waals surface area contributed by atoms with Gasteiger partial charge in [-0.2, -0.15) is 5.10 Å². The zero-order chi connectivity index (χ0) is 19.0. The van der Waals surface area contributed by atoms with Crippen molar-refractivity contribution in [1.82, 2.24) is 20.0 Å². The number of fused-ring (bicyclic) bond motifs is 1. The lowest BCUT2D eigenvalue weighted by Gasteiger charge is -2.32. The van der Waals surface area contributed by atoms with Gasteiger partial charge < -0.3 is 10.2 Å². The minimum Gasteiger partial charge on any atom is -0.337 e. The number of rotatable bonds is 4. The third kappa shape index (κ3) is 3.78. The molecule has 0 bridgehead atoms. The predicted molar refractivity (Wildman–Crippen MR) is 105 cm³/mol. The van der Waals surface area contributed by atoms with E-state index in [0.29, 0.717) is 17.3 Å². The van der Waals surface area contributed by atoms with Crippen molar-refractivity contribution in [3.05, 3.63) is 46.8 Å². The molecule has 8 heteroatoms. The zero-order valence-electron chi connectivity index (χ0n) is 15.9. The van der Waals surface area contributed by atoms with E-state index in [1.54, 1.807) is 4.68 Å². The van der Waals surface area contributed by atoms with Crippen molar-refractivity contribution < 1.29 is 13.6 Å². The Kier molecular flexibility index (Phi) is 6.35. The van der Waals surface area contributed by atoms with Gasteiger partial charge in [0.25, 0.3) is 5.91 Å². The molecule has 1 amide bonds. The number of piperidine rings is 1. The third-order valence-electron chi connectivity index (χ3n) is 5.58. The Morgan fingerprint density at radius 2 is 2.07 bits per heavy atom. The van der Waals surface area contributed by atoms with Gasteiger partial charge in [-0.3, -0.25) is 4.79 Å². The first-order valence-electron chi connectivity index (χ1n) is 9.58. The van der Waals surface area contributed by atoms with Crippen molar-refractivity contribution in [3.63, 3.8) is 0 Å². The van der Waals surface area contributed by atoms with Crippen molar-refractivity contribution >= 4 is 18.3 Å². The highest BCUT2D eigenvalue weighted by atomic mass is 35.5. The monoisotopic (exact) mass is 410 g/mol. The lowest BCUT2D eigenvalue weighted by Crippen LogP contribution is -2.42. The van der Waals surface area contributed by atoms with E-state index in [9.17, 15) is 13.6 Å². The highest BCUT2D eigenvalue weighted by Gasteiger charge is 2.31. The summed E-state index contributed by atoms with van der Waals surface area (Å²) in [6, 6.07) is 3.74. The maximum atomic E-state index is 13.7. The number of likely N-dealkylation sites (tertiary alicyclic amines) is 1. The number of nitrogens with zero attached hydrogens (tertiary/aromatic N) is 3. The van der Waals surface area contributed by atoms with Crippen LogP contribution in [0.5, 0.6) is 0 Å². The summed E-state index contributed by atoms with van der Waals surface area (Å²) in [5.41, 5.74) is 2.82. The minimum atomic E-state index is -0.909. The number of nitrogens with one attached hydrogen (secondary N) is 1. The predicted octanol–water partition coefficient (Wildman–Crippen LogP) is 3.13. The molecule has 4 rings (SSSR count). The molecule has 1 aromatic carbocycles. The molecule has 1 aliphatic heterocycles. The van der Waals surface area contributed by atoms with Crippen molar-refractivity contribution in [2.45, 2.75) is 32.1 Å². The van der Waals surface area contributed by atoms with Gasteiger partial charge in [-0.15, -0.1) is 12.4 Å². The summed E-state index contributed by atoms with van der Waals surface area (Å²) in [7, 11) is 1.93. The smallest absolute Gasteiger partial charge is 0.274 e. The SMILES string of the molecule is CNCC1CCCN(C(=O)c2nn(-c3ccc(F)c(F)c3)c3c2CCC3)C1.Cl. The summed E-state index contributed by atoms with van der Waals surface area (Å²) in [5.74, 6) is -1.39. The number of carbonyl (C=O) groups is 1. The number of hydrogen-bond donors (Lipinski definition) is 1. The van der Waals surface area contributed by atoms with Crippen LogP contribution in [-0.4, -0.2) is 47.3 Å². The summed E-state index contributed by atoms with van der Waals surface area (Å²) in [6.07, 6.45) is 4.64. The molecule has 1 N–H and O–H groups in total. The van der Waals surface area contributed by atoms with Gasteiger partial charge in [0.2, 0.25) is 0 Å². The fourth-order valence-corrected chi connectivity index (χ4v) is 4.29. The van der Waals surface area contributed by atoms with Gasteiger partial charge in [0.05, 0.1) is 5.69 Å². The van der Waals surface area contributed by atoms with E-state index in [1.165, 1.54) is 6.07 Å². The molecule has 1 aromatic heterocycles. The van der Waals surface area contributed by atoms with Crippen molar-refractivity contribution in [1.29, 1.82) is 0 Å². The van der Waals surface area contributed by atoms with E-state index in [4.69, 9.17) is 0 Å². The highest BCUT2D eigenvalue weighted by molar-refractivity contribution is 5.94. The molecule has 28 heavy (non-hydrogen) atoms. The lowest BCUT2D eigenvalue weighted by molar-refractivity contribution is 0.0666. The van der Waals surface area contributed by atoms with Crippen molar-refractivity contribution in [2.24, 2.45) is 5.92 Å². The first kappa shape index (κ1) is 20.7. The Morgan fingerprint density at radius 1 is 1.25 bits per heavy atom. The van der Waals surface area contributed by atoms with Gasteiger partial charge in [0.1, 0.15) is 0 Å². The van der Waals surface area contributed by atoms with E-state index < -0.39 is 11.6 Å². The number of halogens is 3. The maximum Gasteiger partial charge on any atom is 0.274 e. The molecule has 2 aromatic rings. The number of carbonyl (C=O) groups excluding carboxylic acids is 1. The second kappa shape index (κ2) is 8.57. The summed E-state index contributed by atoms with van der Waals surface area (Å²) in [4.78, 5) is 15.1. The van der Waals surface area contributed by atoms with E-state index in [2.05, 4.69) is 10.4 Å². The number of benzene rings is 1. The Hall–Kier alpha value is -1.99. The topological polar surface area (TPSA) is 50.2 Å². The number of amides is 1. The zero-order valence-corrected chi connectivity index (χ0v) is 16.7. The molecule has 0 spiro atoms. The van der Waals surface area contributed by atoms with Crippen LogP contribution in [0.25, 0.3) is 5.69 Å². The first-order chi connectivity index (χ1) is 13.1. The van der Waals surface area contributed by atoms with Gasteiger partial charge in [-0.05, 0) is 63.7 Å². The van der Waals surface area contributed by atoms with E-state index in [0.717, 1.165) is 75.1 Å². The second-order valence-corrected chi connectivity index (χ2v) is 7.45. The third-order valence-corrected chi connectivity index (χ3v) is 5.58. The molecule has 0 saturated carbocycles. The van der Waals surface area contributed by atoms with Crippen LogP contribution in [0.1, 0.15) is 41.0 Å². The van der Waals surface area contributed by atoms with Gasteiger partial charge >= 0.3 is 0 Å². The van der Waals surface area contributed by atoms with Crippen LogP contribution in [-0.2, 0) is 12.8 Å². The van der Waals surface area contributed by atoms with Crippen LogP contribution in [0, 0.1) is 17.6 Å². The highest BCUT2D eigenvalue weighted by Crippen LogP contribution is 2.30. The molecule has 1 saturated heterocycles. The fraction of sp³-hybridized carbons (Fsp3) is 0.500. The molecular weight excluding hydrogens is 386 g/mol. The van der Waals surface area contributed by atoms with Crippen molar-refractivity contribution in [2.75, 3.05) is 26.7 Å². The number of hydrogen-bond acceptors (Lipinski definition) is 3. The molecule has 1 aliphatic carbocycles. The van der Waals surface area contributed by atoms with Gasteiger partial charge in [-0.1, -0.05) is 0 Å². The van der Waals surface area contributed by atoms with Gasteiger partial charge in [-0.25, -0.2) is 13.5 Å². The Bertz CT molecular complexity index is 868. The fourth-order valence-electron chi connectivity index (χ4n) is 4.29. The van der Waals surface area contributed by atoms with Crippen LogP contribution < -0.4 is 5.32 Å². The normalized spacial score (nSPS) is 18.7. The Morgan fingerprint density at radius 3 is 2.82 bits per heavy atom. The molecule has 2 heterocycles. The maximum absolute atomic E-state index is 13.7. The van der Waals surface area contributed by atoms with Crippen LogP contribution >= 0.6 is 12.4 Å². The average Bonchev–Trinajstić information content (AvgIpc) is 3.27.